The number of carbonyl (C=O) groups excluding carboxylic acids is 2. The largest absolute Gasteiger partial charge is 0.494 e. The summed E-state index contributed by atoms with van der Waals surface area (Å²) in [4.78, 5) is 26.8. The second-order valence-corrected chi connectivity index (χ2v) is 10.5. The monoisotopic (exact) mass is 548 g/mol. The van der Waals surface area contributed by atoms with Gasteiger partial charge in [-0.05, 0) is 54.8 Å². The summed E-state index contributed by atoms with van der Waals surface area (Å²) in [7, 11) is 3.37. The van der Waals surface area contributed by atoms with Crippen molar-refractivity contribution in [2.45, 2.75) is 38.8 Å². The SMILES string of the molecule is COc1c(C(=O)NC(CNC(=O)OC(C)(C)C)Cc2ccccc2)sc(-c2ccnn2C)c1Br. The first-order valence-electron chi connectivity index (χ1n) is 10.8. The molecule has 0 radical (unpaired) electrons. The molecule has 2 N–H and O–H groups in total. The Morgan fingerprint density at radius 3 is 2.50 bits per heavy atom. The minimum absolute atomic E-state index is 0.207. The fraction of sp³-hybridized carbons (Fsp3) is 0.375. The second kappa shape index (κ2) is 11.1. The molecule has 10 heteroatoms. The predicted octanol–water partition coefficient (Wildman–Crippen LogP) is 4.79. The van der Waals surface area contributed by atoms with Crippen LogP contribution in [0.15, 0.2) is 47.1 Å². The van der Waals surface area contributed by atoms with E-state index in [1.54, 1.807) is 31.6 Å². The number of halogens is 1. The molecule has 3 rings (SSSR count). The van der Waals surface area contributed by atoms with E-state index in [1.165, 1.54) is 18.4 Å². The van der Waals surface area contributed by atoms with E-state index in [4.69, 9.17) is 9.47 Å². The fourth-order valence-electron chi connectivity index (χ4n) is 3.33. The van der Waals surface area contributed by atoms with Crippen LogP contribution in [0.4, 0.5) is 4.79 Å². The molecular weight excluding hydrogens is 520 g/mol. The van der Waals surface area contributed by atoms with E-state index in [-0.39, 0.29) is 18.5 Å². The molecule has 0 spiro atoms. The molecule has 0 saturated carbocycles. The van der Waals surface area contributed by atoms with Gasteiger partial charge in [-0.3, -0.25) is 9.48 Å². The highest BCUT2D eigenvalue weighted by molar-refractivity contribution is 9.10. The van der Waals surface area contributed by atoms with Gasteiger partial charge in [0.2, 0.25) is 0 Å². The van der Waals surface area contributed by atoms with Gasteiger partial charge in [0, 0.05) is 19.8 Å². The maximum atomic E-state index is 13.4. The van der Waals surface area contributed by atoms with Crippen LogP contribution in [0.25, 0.3) is 10.6 Å². The minimum Gasteiger partial charge on any atom is -0.494 e. The van der Waals surface area contributed by atoms with Crippen LogP contribution < -0.4 is 15.4 Å². The van der Waals surface area contributed by atoms with E-state index in [0.717, 1.165) is 16.1 Å². The highest BCUT2D eigenvalue weighted by Crippen LogP contribution is 2.45. The first kappa shape index (κ1) is 25.8. The van der Waals surface area contributed by atoms with Crippen LogP contribution in [-0.4, -0.2) is 47.1 Å². The van der Waals surface area contributed by atoms with Crippen molar-refractivity contribution < 1.29 is 19.1 Å². The van der Waals surface area contributed by atoms with Gasteiger partial charge in [0.05, 0.1) is 28.2 Å². The minimum atomic E-state index is -0.610. The number of alkyl carbamates (subject to hydrolysis) is 1. The summed E-state index contributed by atoms with van der Waals surface area (Å²) < 4.78 is 13.3. The molecule has 0 saturated heterocycles. The molecule has 0 bridgehead atoms. The van der Waals surface area contributed by atoms with Crippen molar-refractivity contribution in [1.82, 2.24) is 20.4 Å². The zero-order valence-electron chi connectivity index (χ0n) is 19.8. The zero-order valence-corrected chi connectivity index (χ0v) is 22.2. The number of rotatable bonds is 8. The summed E-state index contributed by atoms with van der Waals surface area (Å²) in [5.41, 5.74) is 1.29. The first-order chi connectivity index (χ1) is 16.1. The lowest BCUT2D eigenvalue weighted by Gasteiger charge is -2.23. The van der Waals surface area contributed by atoms with E-state index < -0.39 is 11.7 Å². The Morgan fingerprint density at radius 1 is 1.21 bits per heavy atom. The normalized spacial score (nSPS) is 12.2. The number of carbonyl (C=O) groups is 2. The molecule has 1 unspecified atom stereocenters. The van der Waals surface area contributed by atoms with Gasteiger partial charge >= 0.3 is 6.09 Å². The van der Waals surface area contributed by atoms with Crippen LogP contribution in [0.1, 0.15) is 36.0 Å². The molecule has 34 heavy (non-hydrogen) atoms. The van der Waals surface area contributed by atoms with Crippen LogP contribution >= 0.6 is 27.3 Å². The van der Waals surface area contributed by atoms with Crippen LogP contribution in [0.2, 0.25) is 0 Å². The van der Waals surface area contributed by atoms with Crippen molar-refractivity contribution in [2.75, 3.05) is 13.7 Å². The molecule has 0 aliphatic carbocycles. The lowest BCUT2D eigenvalue weighted by Crippen LogP contribution is -2.46. The van der Waals surface area contributed by atoms with E-state index in [0.29, 0.717) is 21.5 Å². The molecule has 2 heterocycles. The number of nitrogens with zero attached hydrogens (tertiary/aromatic N) is 2. The second-order valence-electron chi connectivity index (χ2n) is 8.69. The van der Waals surface area contributed by atoms with E-state index in [9.17, 15) is 9.59 Å². The van der Waals surface area contributed by atoms with Crippen molar-refractivity contribution in [3.63, 3.8) is 0 Å². The van der Waals surface area contributed by atoms with Crippen molar-refractivity contribution in [2.24, 2.45) is 7.05 Å². The average Bonchev–Trinajstić information content (AvgIpc) is 3.33. The lowest BCUT2D eigenvalue weighted by molar-refractivity contribution is 0.0519. The summed E-state index contributed by atoms with van der Waals surface area (Å²) >= 11 is 4.89. The average molecular weight is 549 g/mol. The standard InChI is InChI=1S/C24H29BrN4O4S/c1-24(2,3)33-23(31)26-14-16(13-15-9-7-6-8-10-15)28-22(30)21-19(32-5)18(25)20(34-21)17-11-12-27-29(17)4/h6-12,16H,13-14H2,1-5H3,(H,26,31)(H,28,30). The molecule has 3 aromatic rings. The molecule has 2 amide bonds. The van der Waals surface area contributed by atoms with E-state index in [2.05, 4.69) is 31.7 Å². The number of aryl methyl sites for hydroxylation is 1. The molecule has 182 valence electrons. The van der Waals surface area contributed by atoms with E-state index >= 15 is 0 Å². The zero-order chi connectivity index (χ0) is 24.9. The lowest BCUT2D eigenvalue weighted by atomic mass is 10.1. The van der Waals surface area contributed by atoms with Crippen molar-refractivity contribution in [3.05, 3.63) is 57.5 Å². The number of benzene rings is 1. The Balaban J connectivity index is 1.81. The van der Waals surface area contributed by atoms with Crippen molar-refractivity contribution in [1.29, 1.82) is 0 Å². The molecular formula is C24H29BrN4O4S. The Labute approximate surface area is 211 Å². The van der Waals surface area contributed by atoms with Gasteiger partial charge in [-0.2, -0.15) is 5.10 Å². The topological polar surface area (TPSA) is 94.5 Å². The molecule has 0 aliphatic rings. The number of hydrogen-bond donors (Lipinski definition) is 2. The summed E-state index contributed by atoms with van der Waals surface area (Å²) in [6.07, 6.45) is 1.70. The quantitative estimate of drug-likeness (QED) is 0.422. The van der Waals surface area contributed by atoms with Crippen LogP contribution in [0.3, 0.4) is 0 Å². The molecule has 8 nitrogen and oxygen atoms in total. The molecule has 1 atom stereocenters. The number of amides is 2. The first-order valence-corrected chi connectivity index (χ1v) is 12.4. The van der Waals surface area contributed by atoms with Gasteiger partial charge in [-0.1, -0.05) is 30.3 Å². The Hall–Kier alpha value is -2.85. The van der Waals surface area contributed by atoms with Crippen LogP contribution in [0.5, 0.6) is 5.75 Å². The molecule has 0 aliphatic heterocycles. The van der Waals surface area contributed by atoms with Gasteiger partial charge in [0.15, 0.2) is 5.75 Å². The maximum Gasteiger partial charge on any atom is 0.407 e. The van der Waals surface area contributed by atoms with Crippen LogP contribution in [-0.2, 0) is 18.2 Å². The Bertz CT molecular complexity index is 1140. The predicted molar refractivity (Wildman–Crippen MR) is 136 cm³/mol. The Morgan fingerprint density at radius 2 is 1.91 bits per heavy atom. The third-order valence-corrected chi connectivity index (χ3v) is 7.04. The summed E-state index contributed by atoms with van der Waals surface area (Å²) in [6, 6.07) is 11.3. The number of hydrogen-bond acceptors (Lipinski definition) is 6. The number of nitrogens with one attached hydrogen (secondary N) is 2. The molecule has 2 aromatic heterocycles. The number of aromatic nitrogens is 2. The third-order valence-electron chi connectivity index (χ3n) is 4.82. The highest BCUT2D eigenvalue weighted by atomic mass is 79.9. The summed E-state index contributed by atoms with van der Waals surface area (Å²) in [6.45, 7) is 5.61. The van der Waals surface area contributed by atoms with Crippen LogP contribution in [0, 0.1) is 0 Å². The Kier molecular flexibility index (Phi) is 8.37. The van der Waals surface area contributed by atoms with Gasteiger partial charge in [0.1, 0.15) is 10.5 Å². The van der Waals surface area contributed by atoms with Crippen molar-refractivity contribution >= 4 is 39.3 Å². The third kappa shape index (κ3) is 6.60. The van der Waals surface area contributed by atoms with E-state index in [1.807, 2.05) is 43.4 Å². The highest BCUT2D eigenvalue weighted by Gasteiger charge is 2.27. The summed E-state index contributed by atoms with van der Waals surface area (Å²) in [5, 5.41) is 10.0. The molecule has 1 aromatic carbocycles. The number of ether oxygens (including phenoxy) is 2. The van der Waals surface area contributed by atoms with Crippen molar-refractivity contribution in [3.8, 4) is 16.3 Å². The summed E-state index contributed by atoms with van der Waals surface area (Å²) in [5.74, 6) is 0.167. The van der Waals surface area contributed by atoms with Gasteiger partial charge in [-0.15, -0.1) is 11.3 Å². The van der Waals surface area contributed by atoms with Gasteiger partial charge < -0.3 is 20.1 Å². The molecule has 0 fully saturated rings. The van der Waals surface area contributed by atoms with Gasteiger partial charge in [0.25, 0.3) is 5.91 Å². The smallest absolute Gasteiger partial charge is 0.407 e. The number of thiophene rings is 1. The fourth-order valence-corrected chi connectivity index (χ4v) is 5.39. The van der Waals surface area contributed by atoms with Gasteiger partial charge in [-0.25, -0.2) is 4.79 Å². The number of methoxy groups -OCH3 is 1. The maximum absolute atomic E-state index is 13.4.